The van der Waals surface area contributed by atoms with Gasteiger partial charge in [0, 0.05) is 38.0 Å². The van der Waals surface area contributed by atoms with E-state index in [4.69, 9.17) is 13.7 Å². The van der Waals surface area contributed by atoms with E-state index in [-0.39, 0.29) is 11.4 Å². The number of ether oxygens (including phenoxy) is 1. The van der Waals surface area contributed by atoms with Gasteiger partial charge < -0.3 is 19.0 Å². The Morgan fingerprint density at radius 3 is 2.79 bits per heavy atom. The molecule has 2 aromatic rings. The summed E-state index contributed by atoms with van der Waals surface area (Å²) >= 11 is 0. The van der Waals surface area contributed by atoms with Gasteiger partial charge in [0.15, 0.2) is 5.76 Å². The van der Waals surface area contributed by atoms with Gasteiger partial charge in [0.25, 0.3) is 0 Å². The zero-order chi connectivity index (χ0) is 19.2. The van der Waals surface area contributed by atoms with Gasteiger partial charge in [-0.15, -0.1) is 0 Å². The van der Waals surface area contributed by atoms with Gasteiger partial charge >= 0.3 is 0 Å². The van der Waals surface area contributed by atoms with Gasteiger partial charge in [-0.1, -0.05) is 24.4 Å². The molecule has 2 aromatic heterocycles. The Hall–Kier alpha value is -2.19. The quantitative estimate of drug-likeness (QED) is 0.778. The molecule has 1 amide bonds. The zero-order valence-corrected chi connectivity index (χ0v) is 16.2. The van der Waals surface area contributed by atoms with E-state index in [1.165, 1.54) is 19.3 Å². The Bertz CT molecular complexity index is 746. The number of carbonyl (C=O) groups is 1. The number of hydrogen-bond donors (Lipinski definition) is 1. The number of nitrogens with one attached hydrogen (secondary N) is 1. The lowest BCUT2D eigenvalue weighted by Crippen LogP contribution is -2.59. The highest BCUT2D eigenvalue weighted by Crippen LogP contribution is 2.33. The molecule has 1 aliphatic carbocycles. The maximum atomic E-state index is 12.5. The minimum atomic E-state index is 0.0240. The highest BCUT2D eigenvalue weighted by atomic mass is 16.5. The summed E-state index contributed by atoms with van der Waals surface area (Å²) in [5, 5.41) is 7.06. The third-order valence-corrected chi connectivity index (χ3v) is 5.86. The van der Waals surface area contributed by atoms with Crippen molar-refractivity contribution in [3.8, 4) is 11.6 Å². The molecule has 1 N–H and O–H groups in total. The first kappa shape index (κ1) is 19.1. The molecule has 1 saturated heterocycles. The van der Waals surface area contributed by atoms with Crippen LogP contribution < -0.4 is 5.32 Å². The highest BCUT2D eigenvalue weighted by molar-refractivity contribution is 5.76. The van der Waals surface area contributed by atoms with E-state index in [0.29, 0.717) is 36.9 Å². The van der Waals surface area contributed by atoms with Gasteiger partial charge in [0.1, 0.15) is 0 Å². The Morgan fingerprint density at radius 2 is 2.04 bits per heavy atom. The minimum absolute atomic E-state index is 0.0240. The van der Waals surface area contributed by atoms with E-state index in [2.05, 4.69) is 20.4 Å². The van der Waals surface area contributed by atoms with Gasteiger partial charge in [0.05, 0.1) is 19.5 Å². The molecule has 2 aliphatic rings. The van der Waals surface area contributed by atoms with E-state index < -0.39 is 0 Å². The lowest BCUT2D eigenvalue weighted by atomic mass is 9.79. The molecule has 0 atom stereocenters. The molecule has 3 heterocycles. The summed E-state index contributed by atoms with van der Waals surface area (Å²) in [6.45, 7) is 4.17. The van der Waals surface area contributed by atoms with E-state index >= 15 is 0 Å². The first-order valence-corrected chi connectivity index (χ1v) is 10.2. The van der Waals surface area contributed by atoms with Crippen LogP contribution in [0.15, 0.2) is 27.3 Å². The fraction of sp³-hybridized carbons (Fsp3) is 0.650. The van der Waals surface area contributed by atoms with Crippen LogP contribution in [0.3, 0.4) is 0 Å². The van der Waals surface area contributed by atoms with E-state index in [9.17, 15) is 4.79 Å². The van der Waals surface area contributed by atoms with E-state index in [0.717, 1.165) is 39.1 Å². The van der Waals surface area contributed by atoms with Crippen molar-refractivity contribution < 1.29 is 18.5 Å². The summed E-state index contributed by atoms with van der Waals surface area (Å²) in [7, 11) is 0. The molecule has 152 valence electrons. The molecular weight excluding hydrogens is 360 g/mol. The van der Waals surface area contributed by atoms with Crippen molar-refractivity contribution in [3.05, 3.63) is 24.3 Å². The van der Waals surface area contributed by atoms with Crippen molar-refractivity contribution >= 4 is 5.91 Å². The van der Waals surface area contributed by atoms with Crippen molar-refractivity contribution in [3.63, 3.8) is 0 Å². The first-order valence-electron chi connectivity index (χ1n) is 10.2. The second-order valence-electron chi connectivity index (χ2n) is 7.65. The predicted molar refractivity (Wildman–Crippen MR) is 102 cm³/mol. The molecule has 1 saturated carbocycles. The van der Waals surface area contributed by atoms with Crippen LogP contribution in [-0.2, 0) is 16.0 Å². The molecule has 1 aliphatic heterocycles. The zero-order valence-electron chi connectivity index (χ0n) is 16.2. The van der Waals surface area contributed by atoms with Gasteiger partial charge in [-0.05, 0) is 25.0 Å². The summed E-state index contributed by atoms with van der Waals surface area (Å²) in [4.78, 5) is 19.3. The van der Waals surface area contributed by atoms with Crippen LogP contribution in [-0.4, -0.2) is 59.3 Å². The summed E-state index contributed by atoms with van der Waals surface area (Å²) in [6.07, 6.45) is 8.34. The van der Waals surface area contributed by atoms with Gasteiger partial charge in [0.2, 0.25) is 17.6 Å². The van der Waals surface area contributed by atoms with Crippen molar-refractivity contribution in [1.29, 1.82) is 0 Å². The van der Waals surface area contributed by atoms with Crippen molar-refractivity contribution in [2.75, 3.05) is 32.8 Å². The summed E-state index contributed by atoms with van der Waals surface area (Å²) in [6, 6.07) is 3.55. The average Bonchev–Trinajstić information content (AvgIpc) is 3.44. The maximum Gasteiger partial charge on any atom is 0.238 e. The van der Waals surface area contributed by atoms with Gasteiger partial charge in [-0.3, -0.25) is 9.69 Å². The predicted octanol–water partition coefficient (Wildman–Crippen LogP) is 2.41. The van der Waals surface area contributed by atoms with E-state index in [1.807, 2.05) is 0 Å². The SMILES string of the molecule is O=C(CCc1nc(-c2ccco2)no1)NCC1(N2CCOCC2)CCCCC1. The van der Waals surface area contributed by atoms with Crippen LogP contribution in [0.25, 0.3) is 11.6 Å². The molecule has 8 nitrogen and oxygen atoms in total. The monoisotopic (exact) mass is 388 g/mol. The summed E-state index contributed by atoms with van der Waals surface area (Å²) in [5.74, 6) is 1.44. The molecule has 28 heavy (non-hydrogen) atoms. The molecular formula is C20H28N4O4. The van der Waals surface area contributed by atoms with Crippen LogP contribution in [0.4, 0.5) is 0 Å². The third-order valence-electron chi connectivity index (χ3n) is 5.86. The number of rotatable bonds is 7. The molecule has 0 bridgehead atoms. The number of carbonyl (C=O) groups excluding carboxylic acids is 1. The normalized spacial score (nSPS) is 20.1. The smallest absolute Gasteiger partial charge is 0.238 e. The van der Waals surface area contributed by atoms with Crippen LogP contribution in [0.2, 0.25) is 0 Å². The second kappa shape index (κ2) is 8.87. The highest BCUT2D eigenvalue weighted by Gasteiger charge is 2.38. The summed E-state index contributed by atoms with van der Waals surface area (Å²) in [5.41, 5.74) is 0.0780. The fourth-order valence-corrected chi connectivity index (χ4v) is 4.29. The van der Waals surface area contributed by atoms with Crippen molar-refractivity contribution in [2.24, 2.45) is 0 Å². The van der Waals surface area contributed by atoms with Crippen LogP contribution >= 0.6 is 0 Å². The van der Waals surface area contributed by atoms with Crippen LogP contribution in [0.5, 0.6) is 0 Å². The van der Waals surface area contributed by atoms with Gasteiger partial charge in [-0.2, -0.15) is 4.98 Å². The fourth-order valence-electron chi connectivity index (χ4n) is 4.29. The first-order chi connectivity index (χ1) is 13.8. The third kappa shape index (κ3) is 4.44. The molecule has 8 heteroatoms. The maximum absolute atomic E-state index is 12.5. The minimum Gasteiger partial charge on any atom is -0.461 e. The number of nitrogens with zero attached hydrogens (tertiary/aromatic N) is 3. The molecule has 0 spiro atoms. The van der Waals surface area contributed by atoms with E-state index in [1.54, 1.807) is 18.4 Å². The number of amides is 1. The summed E-state index contributed by atoms with van der Waals surface area (Å²) < 4.78 is 16.0. The van der Waals surface area contributed by atoms with Gasteiger partial charge in [-0.25, -0.2) is 0 Å². The average molecular weight is 388 g/mol. The standard InChI is InChI=1S/C20H28N4O4/c25-17(6-7-18-22-19(23-28-18)16-5-4-12-27-16)21-15-20(8-2-1-3-9-20)24-10-13-26-14-11-24/h4-5,12H,1-3,6-11,13-15H2,(H,21,25). The molecule has 4 rings (SSSR count). The van der Waals surface area contributed by atoms with Crippen molar-refractivity contribution in [1.82, 2.24) is 20.4 Å². The Kier molecular flexibility index (Phi) is 6.07. The largest absolute Gasteiger partial charge is 0.461 e. The Morgan fingerprint density at radius 1 is 1.21 bits per heavy atom. The molecule has 2 fully saturated rings. The number of furan rings is 1. The molecule has 0 unspecified atom stereocenters. The topological polar surface area (TPSA) is 93.6 Å². The number of aryl methyl sites for hydroxylation is 1. The Labute approximate surface area is 164 Å². The molecule has 0 radical (unpaired) electrons. The van der Waals surface area contributed by atoms with Crippen LogP contribution in [0, 0.1) is 0 Å². The lowest BCUT2D eigenvalue weighted by molar-refractivity contribution is -0.122. The van der Waals surface area contributed by atoms with Crippen molar-refractivity contribution in [2.45, 2.75) is 50.5 Å². The number of morpholine rings is 1. The van der Waals surface area contributed by atoms with Crippen LogP contribution in [0.1, 0.15) is 44.4 Å². The lowest BCUT2D eigenvalue weighted by Gasteiger charge is -2.48. The second-order valence-corrected chi connectivity index (χ2v) is 7.65. The number of hydrogen-bond acceptors (Lipinski definition) is 7. The molecule has 0 aromatic carbocycles. The number of aromatic nitrogens is 2. The Balaban J connectivity index is 1.29.